The van der Waals surface area contributed by atoms with Crippen LogP contribution in [-0.2, 0) is 6.42 Å². The van der Waals surface area contributed by atoms with E-state index in [1.54, 1.807) is 14.2 Å². The van der Waals surface area contributed by atoms with Gasteiger partial charge in [0.25, 0.3) is 0 Å². The summed E-state index contributed by atoms with van der Waals surface area (Å²) in [6, 6.07) is 12.9. The minimum Gasteiger partial charge on any atom is -0.497 e. The highest BCUT2D eigenvalue weighted by Crippen LogP contribution is 2.31. The average molecular weight is 397 g/mol. The lowest BCUT2D eigenvalue weighted by atomic mass is 10.1. The van der Waals surface area contributed by atoms with E-state index in [9.17, 15) is 0 Å². The molecule has 2 aromatic carbocycles. The van der Waals surface area contributed by atoms with Crippen molar-refractivity contribution in [3.63, 3.8) is 0 Å². The molecule has 0 fully saturated rings. The average Bonchev–Trinajstić information content (AvgIpc) is 3.22. The monoisotopic (exact) mass is 397 g/mol. The fraction of sp³-hybridized carbons (Fsp3) is 0.333. The van der Waals surface area contributed by atoms with E-state index in [2.05, 4.69) is 20.5 Å². The van der Waals surface area contributed by atoms with Crippen LogP contribution in [-0.4, -0.2) is 42.6 Å². The number of benzene rings is 2. The van der Waals surface area contributed by atoms with Crippen molar-refractivity contribution in [1.82, 2.24) is 15.2 Å². The van der Waals surface area contributed by atoms with Gasteiger partial charge in [-0.15, -0.1) is 0 Å². The van der Waals surface area contributed by atoms with Gasteiger partial charge in [0.2, 0.25) is 0 Å². The van der Waals surface area contributed by atoms with E-state index in [1.165, 1.54) is 0 Å². The van der Waals surface area contributed by atoms with Crippen molar-refractivity contribution in [2.45, 2.75) is 19.4 Å². The minimum absolute atomic E-state index is 0.462. The van der Waals surface area contributed by atoms with Crippen LogP contribution in [0.1, 0.15) is 30.2 Å². The molecule has 8 nitrogen and oxygen atoms in total. The molecule has 0 aliphatic rings. The number of nitrogens with zero attached hydrogens (tertiary/aromatic N) is 2. The Bertz CT molecular complexity index is 928. The molecule has 0 saturated carbocycles. The number of nitrogens with one attached hydrogen (secondary N) is 2. The third-order valence-electron chi connectivity index (χ3n) is 4.43. The Kier molecular flexibility index (Phi) is 6.91. The summed E-state index contributed by atoms with van der Waals surface area (Å²) >= 11 is 0. The predicted octanol–water partition coefficient (Wildman–Crippen LogP) is 2.92. The molecule has 8 heteroatoms. The highest BCUT2D eigenvalue weighted by Gasteiger charge is 2.17. The van der Waals surface area contributed by atoms with Gasteiger partial charge in [-0.2, -0.15) is 5.10 Å². The molecule has 3 rings (SSSR count). The molecular formula is C21H27N5O3. The molecule has 4 N–H and O–H groups in total. The lowest BCUT2D eigenvalue weighted by Crippen LogP contribution is -2.14. The highest BCUT2D eigenvalue weighted by atomic mass is 16.5. The number of ether oxygens (including phenoxy) is 3. The summed E-state index contributed by atoms with van der Waals surface area (Å²) in [5.41, 5.74) is 8.21. The summed E-state index contributed by atoms with van der Waals surface area (Å²) in [5.74, 6) is 3.44. The molecule has 0 bridgehead atoms. The molecule has 29 heavy (non-hydrogen) atoms. The highest BCUT2D eigenvalue weighted by molar-refractivity contribution is 5.48. The molecule has 1 heterocycles. The van der Waals surface area contributed by atoms with Crippen molar-refractivity contribution in [2.24, 2.45) is 5.73 Å². The van der Waals surface area contributed by atoms with Crippen LogP contribution in [0.4, 0.5) is 5.69 Å². The van der Waals surface area contributed by atoms with Gasteiger partial charge in [-0.1, -0.05) is 12.1 Å². The molecule has 3 aromatic rings. The van der Waals surface area contributed by atoms with Gasteiger partial charge in [0.15, 0.2) is 17.3 Å². The van der Waals surface area contributed by atoms with Crippen LogP contribution in [0.15, 0.2) is 42.5 Å². The molecule has 0 radical (unpaired) electrons. The molecule has 1 aromatic heterocycles. The Morgan fingerprint density at radius 2 is 1.97 bits per heavy atom. The zero-order valence-electron chi connectivity index (χ0n) is 16.9. The standard InChI is InChI=1S/C21H27N5O3/c1-4-29-18-12-14(8-9-17(18)28-3)20(22)21-24-19(25-26-21)10-11-23-15-6-5-7-16(13-15)27-2/h5-9,12-13,20,23H,4,10-11,22H2,1-3H3,(H,24,25,26)/t20-/m0/s1. The number of anilines is 1. The summed E-state index contributed by atoms with van der Waals surface area (Å²) in [4.78, 5) is 4.54. The van der Waals surface area contributed by atoms with E-state index in [0.717, 1.165) is 22.8 Å². The number of aromatic nitrogens is 3. The van der Waals surface area contributed by atoms with E-state index < -0.39 is 6.04 Å². The van der Waals surface area contributed by atoms with E-state index in [0.29, 0.717) is 36.9 Å². The Labute approximate surface area is 170 Å². The van der Waals surface area contributed by atoms with Gasteiger partial charge < -0.3 is 25.3 Å². The van der Waals surface area contributed by atoms with Gasteiger partial charge in [-0.25, -0.2) is 4.98 Å². The predicted molar refractivity (Wildman–Crippen MR) is 112 cm³/mol. The van der Waals surface area contributed by atoms with Gasteiger partial charge in [-0.05, 0) is 36.8 Å². The zero-order chi connectivity index (χ0) is 20.6. The van der Waals surface area contributed by atoms with Gasteiger partial charge in [0.05, 0.1) is 26.9 Å². The lowest BCUT2D eigenvalue weighted by molar-refractivity contribution is 0.310. The molecule has 0 aliphatic carbocycles. The lowest BCUT2D eigenvalue weighted by Gasteiger charge is -2.13. The third kappa shape index (κ3) is 5.17. The van der Waals surface area contributed by atoms with Gasteiger partial charge in [-0.3, -0.25) is 5.10 Å². The zero-order valence-corrected chi connectivity index (χ0v) is 16.9. The second-order valence-corrected chi connectivity index (χ2v) is 6.37. The topological polar surface area (TPSA) is 107 Å². The van der Waals surface area contributed by atoms with E-state index in [4.69, 9.17) is 19.9 Å². The first-order chi connectivity index (χ1) is 14.1. The maximum Gasteiger partial charge on any atom is 0.171 e. The molecule has 0 amide bonds. The molecule has 0 spiro atoms. The van der Waals surface area contributed by atoms with Crippen molar-refractivity contribution in [2.75, 3.05) is 32.7 Å². The third-order valence-corrected chi connectivity index (χ3v) is 4.43. The SMILES string of the molecule is CCOc1cc([C@H](N)c2n[nH]c(CCNc3cccc(OC)c3)n2)ccc1OC. The maximum atomic E-state index is 6.37. The number of hydrogen-bond donors (Lipinski definition) is 3. The largest absolute Gasteiger partial charge is 0.497 e. The fourth-order valence-corrected chi connectivity index (χ4v) is 2.92. The second kappa shape index (κ2) is 9.79. The Morgan fingerprint density at radius 1 is 1.10 bits per heavy atom. The van der Waals surface area contributed by atoms with Gasteiger partial charge in [0.1, 0.15) is 11.6 Å². The summed E-state index contributed by atoms with van der Waals surface area (Å²) in [6.45, 7) is 3.17. The van der Waals surface area contributed by atoms with Gasteiger partial charge in [0, 0.05) is 24.7 Å². The van der Waals surface area contributed by atoms with Crippen molar-refractivity contribution in [1.29, 1.82) is 0 Å². The Hall–Kier alpha value is -3.26. The first kappa shape index (κ1) is 20.5. The number of nitrogens with two attached hydrogens (primary N) is 1. The molecule has 0 aliphatic heterocycles. The van der Waals surface area contributed by atoms with E-state index in [-0.39, 0.29) is 0 Å². The van der Waals surface area contributed by atoms with E-state index >= 15 is 0 Å². The molecule has 1 atom stereocenters. The second-order valence-electron chi connectivity index (χ2n) is 6.37. The summed E-state index contributed by atoms with van der Waals surface area (Å²) in [5, 5.41) is 10.6. The van der Waals surface area contributed by atoms with Crippen molar-refractivity contribution in [3.8, 4) is 17.2 Å². The summed E-state index contributed by atoms with van der Waals surface area (Å²) in [6.07, 6.45) is 0.684. The molecule has 154 valence electrons. The first-order valence-corrected chi connectivity index (χ1v) is 9.50. The van der Waals surface area contributed by atoms with Crippen molar-refractivity contribution in [3.05, 3.63) is 59.7 Å². The van der Waals surface area contributed by atoms with Crippen LogP contribution in [0.25, 0.3) is 0 Å². The van der Waals surface area contributed by atoms with E-state index in [1.807, 2.05) is 49.4 Å². The Morgan fingerprint density at radius 3 is 2.72 bits per heavy atom. The Balaban J connectivity index is 1.62. The molecular weight excluding hydrogens is 370 g/mol. The number of rotatable bonds is 10. The smallest absolute Gasteiger partial charge is 0.171 e. The van der Waals surface area contributed by atoms with Crippen LogP contribution >= 0.6 is 0 Å². The fourth-order valence-electron chi connectivity index (χ4n) is 2.92. The number of H-pyrrole nitrogens is 1. The van der Waals surface area contributed by atoms with Gasteiger partial charge >= 0.3 is 0 Å². The summed E-state index contributed by atoms with van der Waals surface area (Å²) in [7, 11) is 3.26. The van der Waals surface area contributed by atoms with Crippen LogP contribution in [0.2, 0.25) is 0 Å². The van der Waals surface area contributed by atoms with Crippen LogP contribution in [0.3, 0.4) is 0 Å². The first-order valence-electron chi connectivity index (χ1n) is 9.50. The number of methoxy groups -OCH3 is 2. The van der Waals surface area contributed by atoms with Crippen LogP contribution in [0.5, 0.6) is 17.2 Å². The van der Waals surface area contributed by atoms with Crippen LogP contribution in [0, 0.1) is 0 Å². The normalized spacial score (nSPS) is 11.7. The van der Waals surface area contributed by atoms with Crippen molar-refractivity contribution >= 4 is 5.69 Å². The minimum atomic E-state index is -0.462. The van der Waals surface area contributed by atoms with Crippen LogP contribution < -0.4 is 25.3 Å². The number of hydrogen-bond acceptors (Lipinski definition) is 7. The number of aromatic amines is 1. The summed E-state index contributed by atoms with van der Waals surface area (Å²) < 4.78 is 16.2. The molecule has 0 unspecified atom stereocenters. The maximum absolute atomic E-state index is 6.37. The van der Waals surface area contributed by atoms with Crippen molar-refractivity contribution < 1.29 is 14.2 Å². The quantitative estimate of drug-likeness (QED) is 0.483. The molecule has 0 saturated heterocycles.